The van der Waals surface area contributed by atoms with Gasteiger partial charge in [0.25, 0.3) is 0 Å². The minimum absolute atomic E-state index is 1.03. The number of unbranched alkanes of at least 4 members (excludes halogenated alkanes) is 1. The van der Waals surface area contributed by atoms with E-state index in [4.69, 9.17) is 0 Å². The third kappa shape index (κ3) is 5.21. The van der Waals surface area contributed by atoms with Gasteiger partial charge in [0.1, 0.15) is 0 Å². The van der Waals surface area contributed by atoms with Crippen LogP contribution in [0.15, 0.2) is 48.6 Å². The Morgan fingerprint density at radius 3 is 2.67 bits per heavy atom. The van der Waals surface area contributed by atoms with Gasteiger partial charge in [0.15, 0.2) is 0 Å². The Kier molecular flexibility index (Phi) is 5.54. The van der Waals surface area contributed by atoms with Crippen LogP contribution in [0, 0.1) is 6.92 Å². The summed E-state index contributed by atoms with van der Waals surface area (Å²) in [6.07, 6.45) is 12.1. The molecule has 80 valence electrons. The Morgan fingerprint density at radius 2 is 1.93 bits per heavy atom. The van der Waals surface area contributed by atoms with Gasteiger partial charge in [0.2, 0.25) is 0 Å². The van der Waals surface area contributed by atoms with Crippen LogP contribution >= 0.6 is 0 Å². The fraction of sp³-hybridized carbons (Fsp3) is 0.333. The number of hydrogen-bond acceptors (Lipinski definition) is 0. The molecule has 0 aliphatic rings. The zero-order valence-corrected chi connectivity index (χ0v) is 9.74. The Labute approximate surface area is 93.3 Å². The quantitative estimate of drug-likeness (QED) is 0.616. The summed E-state index contributed by atoms with van der Waals surface area (Å²) in [5.74, 6) is 0. The first kappa shape index (κ1) is 11.8. The lowest BCUT2D eigenvalue weighted by Crippen LogP contribution is -1.81. The van der Waals surface area contributed by atoms with Crippen molar-refractivity contribution in [3.05, 3.63) is 59.7 Å². The van der Waals surface area contributed by atoms with Crippen molar-refractivity contribution in [3.63, 3.8) is 0 Å². The number of hydrogen-bond donors (Lipinski definition) is 0. The molecule has 0 aromatic heterocycles. The summed E-state index contributed by atoms with van der Waals surface area (Å²) in [5, 5.41) is 0. The normalized spacial score (nSPS) is 11.6. The highest BCUT2D eigenvalue weighted by Gasteiger charge is 1.88. The molecule has 1 rings (SSSR count). The Morgan fingerprint density at radius 1 is 1.13 bits per heavy atom. The van der Waals surface area contributed by atoms with Gasteiger partial charge in [-0.2, -0.15) is 0 Å². The lowest BCUT2D eigenvalue weighted by atomic mass is 10.1. The number of allylic oxidation sites excluding steroid dienone is 4. The van der Waals surface area contributed by atoms with Crippen molar-refractivity contribution in [1.29, 1.82) is 0 Å². The molecular formula is C15H20. The van der Waals surface area contributed by atoms with Crippen molar-refractivity contribution >= 4 is 0 Å². The molecule has 0 saturated heterocycles. The second-order valence-corrected chi connectivity index (χ2v) is 3.84. The lowest BCUT2D eigenvalue weighted by molar-refractivity contribution is 0.959. The minimum atomic E-state index is 1.03. The van der Waals surface area contributed by atoms with Gasteiger partial charge < -0.3 is 0 Å². The minimum Gasteiger partial charge on any atom is -0.0846 e. The van der Waals surface area contributed by atoms with E-state index in [0.717, 1.165) is 6.42 Å². The second-order valence-electron chi connectivity index (χ2n) is 3.84. The molecule has 1 aromatic carbocycles. The van der Waals surface area contributed by atoms with E-state index in [9.17, 15) is 0 Å². The van der Waals surface area contributed by atoms with Crippen LogP contribution in [-0.2, 0) is 6.42 Å². The highest BCUT2D eigenvalue weighted by atomic mass is 13.9. The van der Waals surface area contributed by atoms with Crippen molar-refractivity contribution in [2.24, 2.45) is 0 Å². The molecular weight excluding hydrogens is 180 g/mol. The molecule has 0 aliphatic heterocycles. The van der Waals surface area contributed by atoms with E-state index in [-0.39, 0.29) is 0 Å². The van der Waals surface area contributed by atoms with Crippen LogP contribution in [-0.4, -0.2) is 0 Å². The van der Waals surface area contributed by atoms with E-state index in [1.54, 1.807) is 0 Å². The van der Waals surface area contributed by atoms with E-state index >= 15 is 0 Å². The topological polar surface area (TPSA) is 0 Å². The van der Waals surface area contributed by atoms with Crippen LogP contribution in [0.5, 0.6) is 0 Å². The highest BCUT2D eigenvalue weighted by Crippen LogP contribution is 2.05. The van der Waals surface area contributed by atoms with Gasteiger partial charge in [-0.3, -0.25) is 0 Å². The summed E-state index contributed by atoms with van der Waals surface area (Å²) in [5.41, 5.74) is 2.72. The predicted octanol–water partition coefficient (Wildman–Crippen LogP) is 4.45. The van der Waals surface area contributed by atoms with Crippen molar-refractivity contribution in [2.45, 2.75) is 33.1 Å². The first-order valence-electron chi connectivity index (χ1n) is 5.70. The van der Waals surface area contributed by atoms with Gasteiger partial charge in [-0.15, -0.1) is 0 Å². The molecule has 0 heteroatoms. The molecule has 1 aromatic rings. The molecule has 0 spiro atoms. The number of benzene rings is 1. The van der Waals surface area contributed by atoms with Crippen LogP contribution in [0.1, 0.15) is 30.9 Å². The Hall–Kier alpha value is -1.30. The lowest BCUT2D eigenvalue weighted by Gasteiger charge is -1.97. The van der Waals surface area contributed by atoms with Crippen molar-refractivity contribution in [1.82, 2.24) is 0 Å². The zero-order chi connectivity index (χ0) is 10.9. The molecule has 0 bridgehead atoms. The Balaban J connectivity index is 2.36. The van der Waals surface area contributed by atoms with E-state index in [1.165, 1.54) is 24.0 Å². The molecule has 0 nitrogen and oxygen atoms in total. The Bertz CT molecular complexity index is 332. The van der Waals surface area contributed by atoms with Crippen LogP contribution in [0.4, 0.5) is 0 Å². The SMILES string of the molecule is CCC/C=C\C=C/Cc1cccc(C)c1. The maximum absolute atomic E-state index is 2.24. The molecule has 0 aliphatic carbocycles. The molecule has 15 heavy (non-hydrogen) atoms. The molecule has 0 atom stereocenters. The number of aryl methyl sites for hydroxylation is 1. The largest absolute Gasteiger partial charge is 0.0846 e. The summed E-state index contributed by atoms with van der Waals surface area (Å²) < 4.78 is 0. The van der Waals surface area contributed by atoms with Crippen LogP contribution < -0.4 is 0 Å². The van der Waals surface area contributed by atoms with Crippen LogP contribution in [0.2, 0.25) is 0 Å². The third-order valence-electron chi connectivity index (χ3n) is 2.27. The summed E-state index contributed by atoms with van der Waals surface area (Å²) in [7, 11) is 0. The van der Waals surface area contributed by atoms with Crippen molar-refractivity contribution in [2.75, 3.05) is 0 Å². The molecule has 0 radical (unpaired) electrons. The first-order chi connectivity index (χ1) is 7.33. The van der Waals surface area contributed by atoms with Crippen LogP contribution in [0.3, 0.4) is 0 Å². The van der Waals surface area contributed by atoms with Gasteiger partial charge in [-0.1, -0.05) is 67.5 Å². The van der Waals surface area contributed by atoms with E-state index in [0.29, 0.717) is 0 Å². The average molecular weight is 200 g/mol. The van der Waals surface area contributed by atoms with Crippen molar-refractivity contribution < 1.29 is 0 Å². The van der Waals surface area contributed by atoms with Gasteiger partial charge in [0, 0.05) is 0 Å². The summed E-state index contributed by atoms with van der Waals surface area (Å²) >= 11 is 0. The highest BCUT2D eigenvalue weighted by molar-refractivity contribution is 5.24. The monoisotopic (exact) mass is 200 g/mol. The van der Waals surface area contributed by atoms with Gasteiger partial charge in [-0.05, 0) is 25.3 Å². The van der Waals surface area contributed by atoms with Gasteiger partial charge >= 0.3 is 0 Å². The fourth-order valence-electron chi connectivity index (χ4n) is 1.46. The maximum atomic E-state index is 2.24. The number of rotatable bonds is 5. The molecule has 0 N–H and O–H groups in total. The fourth-order valence-corrected chi connectivity index (χ4v) is 1.46. The standard InChI is InChI=1S/C15H20/c1-3-4-5-6-7-8-11-15-12-9-10-14(2)13-15/h5-10,12-13H,3-4,11H2,1-2H3/b6-5-,8-7-. The van der Waals surface area contributed by atoms with Crippen LogP contribution in [0.25, 0.3) is 0 Å². The second kappa shape index (κ2) is 7.05. The zero-order valence-electron chi connectivity index (χ0n) is 9.74. The third-order valence-corrected chi connectivity index (χ3v) is 2.27. The summed E-state index contributed by atoms with van der Waals surface area (Å²) in [6.45, 7) is 4.33. The molecule has 0 unspecified atom stereocenters. The summed E-state index contributed by atoms with van der Waals surface area (Å²) in [6, 6.07) is 8.66. The van der Waals surface area contributed by atoms with E-state index < -0.39 is 0 Å². The first-order valence-corrected chi connectivity index (χ1v) is 5.70. The van der Waals surface area contributed by atoms with Gasteiger partial charge in [-0.25, -0.2) is 0 Å². The van der Waals surface area contributed by atoms with E-state index in [1.807, 2.05) is 0 Å². The van der Waals surface area contributed by atoms with Gasteiger partial charge in [0.05, 0.1) is 0 Å². The molecule has 0 amide bonds. The van der Waals surface area contributed by atoms with Crippen molar-refractivity contribution in [3.8, 4) is 0 Å². The smallest absolute Gasteiger partial charge is 0.00942 e. The average Bonchev–Trinajstić information content (AvgIpc) is 2.23. The summed E-state index contributed by atoms with van der Waals surface area (Å²) in [4.78, 5) is 0. The predicted molar refractivity (Wildman–Crippen MR) is 68.1 cm³/mol. The molecule has 0 heterocycles. The van der Waals surface area contributed by atoms with E-state index in [2.05, 4.69) is 62.4 Å². The molecule has 0 fully saturated rings. The maximum Gasteiger partial charge on any atom is -0.00942 e. The molecule has 0 saturated carbocycles.